The summed E-state index contributed by atoms with van der Waals surface area (Å²) in [5.41, 5.74) is 2.07. The molecule has 0 aliphatic carbocycles. The van der Waals surface area contributed by atoms with Crippen molar-refractivity contribution in [1.29, 1.82) is 0 Å². The van der Waals surface area contributed by atoms with Crippen LogP contribution in [0.25, 0.3) is 0 Å². The van der Waals surface area contributed by atoms with Gasteiger partial charge in [0.2, 0.25) is 11.8 Å². The normalized spacial score (nSPS) is 20.6. The molecule has 4 heteroatoms. The number of aryl methyl sites for hydroxylation is 1. The van der Waals surface area contributed by atoms with Gasteiger partial charge in [-0.1, -0.05) is 19.1 Å². The molecule has 4 nitrogen and oxygen atoms in total. The predicted octanol–water partition coefficient (Wildman–Crippen LogP) is 1.49. The molecule has 0 saturated carbocycles. The van der Waals surface area contributed by atoms with Crippen LogP contribution < -0.4 is 10.2 Å². The summed E-state index contributed by atoms with van der Waals surface area (Å²) < 4.78 is 0. The number of hydrogen-bond acceptors (Lipinski definition) is 2. The minimum atomic E-state index is -0.453. The Labute approximate surface area is 107 Å². The molecule has 18 heavy (non-hydrogen) atoms. The van der Waals surface area contributed by atoms with Gasteiger partial charge in [0.25, 0.3) is 0 Å². The van der Waals surface area contributed by atoms with Gasteiger partial charge < -0.3 is 10.2 Å². The van der Waals surface area contributed by atoms with Crippen LogP contribution in [0.5, 0.6) is 0 Å². The Bertz CT molecular complexity index is 471. The van der Waals surface area contributed by atoms with Crippen LogP contribution in [0.4, 0.5) is 5.69 Å². The topological polar surface area (TPSA) is 49.4 Å². The molecular weight excluding hydrogens is 228 g/mol. The van der Waals surface area contributed by atoms with Crippen LogP contribution >= 0.6 is 0 Å². The third-order valence-electron chi connectivity index (χ3n) is 3.21. The Hall–Kier alpha value is -1.84. The number of nitrogens with one attached hydrogen (secondary N) is 1. The lowest BCUT2D eigenvalue weighted by atomic mass is 10.1. The van der Waals surface area contributed by atoms with Gasteiger partial charge in [-0.25, -0.2) is 0 Å². The first-order valence-corrected chi connectivity index (χ1v) is 6.31. The van der Waals surface area contributed by atoms with E-state index in [1.807, 2.05) is 24.3 Å². The van der Waals surface area contributed by atoms with Gasteiger partial charge >= 0.3 is 0 Å². The largest absolute Gasteiger partial charge is 0.345 e. The second-order valence-corrected chi connectivity index (χ2v) is 4.55. The second-order valence-electron chi connectivity index (χ2n) is 4.55. The number of nitrogens with zero attached hydrogens (tertiary/aromatic N) is 1. The fourth-order valence-corrected chi connectivity index (χ4v) is 2.13. The summed E-state index contributed by atoms with van der Waals surface area (Å²) in [6.45, 7) is 4.25. The first-order valence-electron chi connectivity index (χ1n) is 6.31. The molecular formula is C14H18N2O2. The summed E-state index contributed by atoms with van der Waals surface area (Å²) in [7, 11) is 0. The van der Waals surface area contributed by atoms with Crippen LogP contribution in [0.1, 0.15) is 25.8 Å². The molecule has 0 radical (unpaired) electrons. The Morgan fingerprint density at radius 1 is 1.39 bits per heavy atom. The van der Waals surface area contributed by atoms with E-state index in [9.17, 15) is 9.59 Å². The average Bonchev–Trinajstić information content (AvgIpc) is 2.50. The maximum absolute atomic E-state index is 12.2. The molecule has 0 bridgehead atoms. The highest BCUT2D eigenvalue weighted by molar-refractivity contribution is 6.01. The highest BCUT2D eigenvalue weighted by Crippen LogP contribution is 2.19. The third-order valence-corrected chi connectivity index (χ3v) is 3.21. The van der Waals surface area contributed by atoms with Crippen molar-refractivity contribution in [1.82, 2.24) is 5.32 Å². The first kappa shape index (κ1) is 12.6. The molecule has 0 aromatic heterocycles. The molecule has 1 fully saturated rings. The quantitative estimate of drug-likeness (QED) is 0.859. The molecule has 1 unspecified atom stereocenters. The summed E-state index contributed by atoms with van der Waals surface area (Å²) in [5, 5.41) is 2.69. The van der Waals surface area contributed by atoms with Gasteiger partial charge in [-0.05, 0) is 31.0 Å². The van der Waals surface area contributed by atoms with Crippen LogP contribution in [-0.4, -0.2) is 24.4 Å². The number of carbonyl (C=O) groups is 2. The van der Waals surface area contributed by atoms with Crippen LogP contribution in [0.15, 0.2) is 24.3 Å². The highest BCUT2D eigenvalue weighted by Gasteiger charge is 2.27. The monoisotopic (exact) mass is 246 g/mol. The van der Waals surface area contributed by atoms with E-state index >= 15 is 0 Å². The summed E-state index contributed by atoms with van der Waals surface area (Å²) >= 11 is 0. The minimum Gasteiger partial charge on any atom is -0.345 e. The molecule has 2 amide bonds. The zero-order chi connectivity index (χ0) is 13.1. The van der Waals surface area contributed by atoms with E-state index in [-0.39, 0.29) is 11.8 Å². The number of hydrogen-bond donors (Lipinski definition) is 1. The van der Waals surface area contributed by atoms with E-state index in [0.29, 0.717) is 13.0 Å². The van der Waals surface area contributed by atoms with E-state index in [1.54, 1.807) is 11.8 Å². The van der Waals surface area contributed by atoms with Crippen LogP contribution in [0, 0.1) is 0 Å². The third kappa shape index (κ3) is 2.53. The molecule has 0 spiro atoms. The van der Waals surface area contributed by atoms with E-state index in [2.05, 4.69) is 12.2 Å². The van der Waals surface area contributed by atoms with Crippen molar-refractivity contribution in [2.75, 3.05) is 11.4 Å². The molecule has 1 heterocycles. The van der Waals surface area contributed by atoms with Gasteiger partial charge in [0, 0.05) is 18.7 Å². The van der Waals surface area contributed by atoms with Crippen molar-refractivity contribution in [2.24, 2.45) is 0 Å². The van der Waals surface area contributed by atoms with E-state index in [1.165, 1.54) is 5.56 Å². The molecule has 1 aliphatic rings. The summed E-state index contributed by atoms with van der Waals surface area (Å²) in [6.07, 6.45) is 1.29. The van der Waals surface area contributed by atoms with Gasteiger partial charge in [0.15, 0.2) is 0 Å². The molecule has 1 aromatic carbocycles. The lowest BCUT2D eigenvalue weighted by Gasteiger charge is -2.22. The Kier molecular flexibility index (Phi) is 3.65. The first-order chi connectivity index (χ1) is 8.61. The molecule has 96 valence electrons. The van der Waals surface area contributed by atoms with Crippen LogP contribution in [0.2, 0.25) is 0 Å². The summed E-state index contributed by atoms with van der Waals surface area (Å²) in [6, 6.07) is 7.47. The fraction of sp³-hybridized carbons (Fsp3) is 0.429. The number of rotatable bonds is 2. The van der Waals surface area contributed by atoms with Crippen molar-refractivity contribution >= 4 is 17.5 Å². The highest BCUT2D eigenvalue weighted by atomic mass is 16.2. The maximum Gasteiger partial charge on any atom is 0.249 e. The zero-order valence-electron chi connectivity index (χ0n) is 10.8. The minimum absolute atomic E-state index is 0.0471. The van der Waals surface area contributed by atoms with E-state index < -0.39 is 6.04 Å². The van der Waals surface area contributed by atoms with Crippen LogP contribution in [0.3, 0.4) is 0 Å². The Morgan fingerprint density at radius 3 is 2.89 bits per heavy atom. The molecule has 1 saturated heterocycles. The number of anilines is 1. The van der Waals surface area contributed by atoms with Gasteiger partial charge in [-0.3, -0.25) is 9.59 Å². The van der Waals surface area contributed by atoms with Crippen molar-refractivity contribution in [3.63, 3.8) is 0 Å². The molecule has 1 N–H and O–H groups in total. The summed E-state index contributed by atoms with van der Waals surface area (Å²) in [5.74, 6) is -0.112. The molecule has 2 rings (SSSR count). The number of carbonyl (C=O) groups excluding carboxylic acids is 2. The molecule has 1 aromatic rings. The van der Waals surface area contributed by atoms with Crippen molar-refractivity contribution in [3.05, 3.63) is 29.8 Å². The van der Waals surface area contributed by atoms with Crippen molar-refractivity contribution in [3.8, 4) is 0 Å². The van der Waals surface area contributed by atoms with E-state index in [4.69, 9.17) is 0 Å². The van der Waals surface area contributed by atoms with Gasteiger partial charge in [0.1, 0.15) is 6.04 Å². The Balaban J connectivity index is 2.29. The van der Waals surface area contributed by atoms with Gasteiger partial charge in [-0.2, -0.15) is 0 Å². The lowest BCUT2D eigenvalue weighted by Crippen LogP contribution is -2.42. The lowest BCUT2D eigenvalue weighted by molar-refractivity contribution is -0.125. The summed E-state index contributed by atoms with van der Waals surface area (Å²) in [4.78, 5) is 25.3. The second kappa shape index (κ2) is 5.21. The maximum atomic E-state index is 12.2. The van der Waals surface area contributed by atoms with E-state index in [0.717, 1.165) is 12.1 Å². The Morgan fingerprint density at radius 2 is 2.17 bits per heavy atom. The standard InChI is InChI=1S/C14H18N2O2/c1-3-11-5-4-6-12(9-11)16-8-7-13(17)15-10(2)14(16)18/h4-6,9-10H,3,7-8H2,1-2H3,(H,15,17). The average molecular weight is 246 g/mol. The molecule has 1 aliphatic heterocycles. The number of benzene rings is 1. The SMILES string of the molecule is CCc1cccc(N2CCC(=O)NC(C)C2=O)c1. The van der Waals surface area contributed by atoms with Gasteiger partial charge in [0.05, 0.1) is 0 Å². The molecule has 1 atom stereocenters. The van der Waals surface area contributed by atoms with Crippen LogP contribution in [-0.2, 0) is 16.0 Å². The predicted molar refractivity (Wildman–Crippen MR) is 70.4 cm³/mol. The van der Waals surface area contributed by atoms with Crippen molar-refractivity contribution in [2.45, 2.75) is 32.7 Å². The number of amides is 2. The van der Waals surface area contributed by atoms with Crippen molar-refractivity contribution < 1.29 is 9.59 Å². The zero-order valence-corrected chi connectivity index (χ0v) is 10.8. The smallest absolute Gasteiger partial charge is 0.249 e. The fourth-order valence-electron chi connectivity index (χ4n) is 2.13. The van der Waals surface area contributed by atoms with Gasteiger partial charge in [-0.15, -0.1) is 0 Å².